The molecule has 3 atom stereocenters. The summed E-state index contributed by atoms with van der Waals surface area (Å²) in [4.78, 5) is 0.931. The lowest BCUT2D eigenvalue weighted by molar-refractivity contribution is 0.0746. The van der Waals surface area contributed by atoms with Crippen LogP contribution in [0.3, 0.4) is 0 Å². The van der Waals surface area contributed by atoms with Gasteiger partial charge in [-0.2, -0.15) is 0 Å². The average Bonchev–Trinajstić information content (AvgIpc) is 2.38. The van der Waals surface area contributed by atoms with Gasteiger partial charge in [0, 0.05) is 17.1 Å². The summed E-state index contributed by atoms with van der Waals surface area (Å²) in [7, 11) is 0. The van der Waals surface area contributed by atoms with Crippen LogP contribution in [-0.4, -0.2) is 50.4 Å². The molecule has 0 heterocycles. The van der Waals surface area contributed by atoms with Crippen LogP contribution in [0, 0.1) is 6.92 Å². The first-order valence-corrected chi connectivity index (χ1v) is 7.49. The van der Waals surface area contributed by atoms with E-state index in [4.69, 9.17) is 5.11 Å². The summed E-state index contributed by atoms with van der Waals surface area (Å²) in [5, 5.41) is 37.1. The fraction of sp³-hybridized carbons (Fsp3) is 0.538. The minimum Gasteiger partial charge on any atom is -0.394 e. The number of thiol groups is 1. The van der Waals surface area contributed by atoms with Crippen LogP contribution in [0.4, 0.5) is 0 Å². The van der Waals surface area contributed by atoms with Crippen LogP contribution in [0.2, 0.25) is 0 Å². The van der Waals surface area contributed by atoms with Gasteiger partial charge in [0.2, 0.25) is 0 Å². The van der Waals surface area contributed by atoms with Gasteiger partial charge in [0.1, 0.15) is 5.44 Å². The minimum absolute atomic E-state index is 0.272. The number of aryl methyl sites for hydroxylation is 1. The summed E-state index contributed by atoms with van der Waals surface area (Å²) in [6.07, 6.45) is -1.41. The molecule has 0 bridgehead atoms. The lowest BCUT2D eigenvalue weighted by atomic mass is 10.1. The smallest absolute Gasteiger partial charge is 0.123 e. The normalized spacial score (nSPS) is 16.1. The van der Waals surface area contributed by atoms with Gasteiger partial charge < -0.3 is 20.4 Å². The first-order chi connectivity index (χ1) is 8.93. The van der Waals surface area contributed by atoms with E-state index >= 15 is 0 Å². The summed E-state index contributed by atoms with van der Waals surface area (Å²) in [5.41, 5.74) is 0.883. The molecule has 0 aliphatic carbocycles. The highest BCUT2D eigenvalue weighted by atomic mass is 32.2. The van der Waals surface area contributed by atoms with Gasteiger partial charge in [0.05, 0.1) is 18.8 Å². The number of hydrogen-bond donors (Lipinski definition) is 5. The number of aliphatic hydroxyl groups excluding tert-OH is 4. The molecular formula is C13H20O4S2. The minimum atomic E-state index is -1.08. The molecule has 6 heteroatoms. The maximum Gasteiger partial charge on any atom is 0.123 e. The Morgan fingerprint density at radius 2 is 1.95 bits per heavy atom. The maximum atomic E-state index is 9.67. The highest BCUT2D eigenvalue weighted by Crippen LogP contribution is 2.26. The van der Waals surface area contributed by atoms with Crippen molar-refractivity contribution in [2.75, 3.05) is 12.4 Å². The number of thioether (sulfide) groups is 1. The Kier molecular flexibility index (Phi) is 7.20. The van der Waals surface area contributed by atoms with Gasteiger partial charge in [0.15, 0.2) is 0 Å². The van der Waals surface area contributed by atoms with Crippen molar-refractivity contribution in [3.8, 4) is 0 Å². The molecule has 0 aliphatic rings. The Labute approximate surface area is 122 Å². The number of benzene rings is 1. The molecule has 4 N–H and O–H groups in total. The van der Waals surface area contributed by atoms with E-state index in [-0.39, 0.29) is 6.61 Å². The van der Waals surface area contributed by atoms with Crippen molar-refractivity contribution in [2.24, 2.45) is 0 Å². The topological polar surface area (TPSA) is 80.9 Å². The van der Waals surface area contributed by atoms with Crippen LogP contribution in [0.5, 0.6) is 0 Å². The summed E-state index contributed by atoms with van der Waals surface area (Å²) in [6, 6.07) is 5.78. The van der Waals surface area contributed by atoms with Gasteiger partial charge in [-0.15, -0.1) is 24.4 Å². The van der Waals surface area contributed by atoms with Crippen LogP contribution in [-0.2, 0) is 6.42 Å². The molecule has 108 valence electrons. The standard InChI is InChI=1S/C13H20O4S2/c1-8-2-3-9(5-11(16)13(17)18)12(4-8)19-7-10(15)6-14/h2-4,10-11,13-18H,5-7H2,1H3. The van der Waals surface area contributed by atoms with Gasteiger partial charge in [-0.1, -0.05) is 17.7 Å². The quantitative estimate of drug-likeness (QED) is 0.289. The van der Waals surface area contributed by atoms with Crippen LogP contribution >= 0.6 is 24.4 Å². The van der Waals surface area contributed by atoms with Crippen LogP contribution in [0.1, 0.15) is 11.1 Å². The van der Waals surface area contributed by atoms with E-state index in [2.05, 4.69) is 12.6 Å². The van der Waals surface area contributed by atoms with E-state index in [0.29, 0.717) is 12.2 Å². The second kappa shape index (κ2) is 8.14. The Balaban J connectivity index is 2.79. The highest BCUT2D eigenvalue weighted by molar-refractivity contribution is 7.99. The molecule has 3 unspecified atom stereocenters. The maximum absolute atomic E-state index is 9.67. The van der Waals surface area contributed by atoms with Crippen molar-refractivity contribution >= 4 is 24.4 Å². The molecule has 19 heavy (non-hydrogen) atoms. The van der Waals surface area contributed by atoms with E-state index < -0.39 is 17.6 Å². The number of aliphatic hydroxyl groups is 4. The summed E-state index contributed by atoms with van der Waals surface area (Å²) >= 11 is 5.22. The first-order valence-electron chi connectivity index (χ1n) is 5.99. The largest absolute Gasteiger partial charge is 0.394 e. The van der Waals surface area contributed by atoms with Crippen LogP contribution in [0.15, 0.2) is 23.1 Å². The van der Waals surface area contributed by atoms with Gasteiger partial charge in [0.25, 0.3) is 0 Å². The lowest BCUT2D eigenvalue weighted by Gasteiger charge is -2.16. The predicted octanol–water partition coefficient (Wildman–Crippen LogP) is 0.592. The van der Waals surface area contributed by atoms with Gasteiger partial charge >= 0.3 is 0 Å². The molecule has 0 spiro atoms. The SMILES string of the molecule is Cc1ccc(CC(O)C(O)S)c(SCC(O)CO)c1. The molecule has 0 saturated carbocycles. The van der Waals surface area contributed by atoms with Gasteiger partial charge in [-0.05, 0) is 18.6 Å². The van der Waals surface area contributed by atoms with E-state index in [1.54, 1.807) is 0 Å². The molecule has 1 aromatic carbocycles. The third-order valence-electron chi connectivity index (χ3n) is 2.64. The molecule has 0 saturated heterocycles. The fourth-order valence-electron chi connectivity index (χ4n) is 1.53. The van der Waals surface area contributed by atoms with E-state index in [9.17, 15) is 15.3 Å². The summed E-state index contributed by atoms with van der Waals surface area (Å²) in [6.45, 7) is 1.69. The van der Waals surface area contributed by atoms with E-state index in [1.165, 1.54) is 11.8 Å². The molecule has 0 fully saturated rings. The fourth-order valence-corrected chi connectivity index (χ4v) is 2.72. The second-order valence-corrected chi connectivity index (χ2v) is 6.03. The van der Waals surface area contributed by atoms with Crippen molar-refractivity contribution in [2.45, 2.75) is 35.9 Å². The predicted molar refractivity (Wildman–Crippen MR) is 79.7 cm³/mol. The molecule has 0 radical (unpaired) electrons. The van der Waals surface area contributed by atoms with Crippen LogP contribution in [0.25, 0.3) is 0 Å². The zero-order valence-corrected chi connectivity index (χ0v) is 12.4. The van der Waals surface area contributed by atoms with E-state index in [1.807, 2.05) is 25.1 Å². The summed E-state index contributed by atoms with van der Waals surface area (Å²) < 4.78 is 0. The molecule has 0 aromatic heterocycles. The zero-order valence-electron chi connectivity index (χ0n) is 10.7. The summed E-state index contributed by atoms with van der Waals surface area (Å²) in [5.74, 6) is 0.381. The first kappa shape index (κ1) is 16.8. The van der Waals surface area contributed by atoms with Gasteiger partial charge in [-0.25, -0.2) is 0 Å². The molecule has 1 rings (SSSR count). The molecule has 0 aliphatic heterocycles. The number of hydrogen-bond acceptors (Lipinski definition) is 6. The highest BCUT2D eigenvalue weighted by Gasteiger charge is 2.15. The zero-order chi connectivity index (χ0) is 14.4. The lowest BCUT2D eigenvalue weighted by Crippen LogP contribution is -2.23. The van der Waals surface area contributed by atoms with Crippen molar-refractivity contribution in [3.05, 3.63) is 29.3 Å². The Morgan fingerprint density at radius 3 is 2.53 bits per heavy atom. The second-order valence-electron chi connectivity index (χ2n) is 4.44. The van der Waals surface area contributed by atoms with Crippen molar-refractivity contribution in [3.63, 3.8) is 0 Å². The molecular weight excluding hydrogens is 284 g/mol. The Bertz CT molecular complexity index is 398. The van der Waals surface area contributed by atoms with E-state index in [0.717, 1.165) is 16.0 Å². The third-order valence-corrected chi connectivity index (χ3v) is 4.22. The molecule has 1 aromatic rings. The monoisotopic (exact) mass is 304 g/mol. The number of rotatable bonds is 7. The Morgan fingerprint density at radius 1 is 1.26 bits per heavy atom. The molecule has 0 amide bonds. The van der Waals surface area contributed by atoms with Crippen molar-refractivity contribution in [1.29, 1.82) is 0 Å². The van der Waals surface area contributed by atoms with Gasteiger partial charge in [-0.3, -0.25) is 0 Å². The Hall–Kier alpha value is -0.240. The molecule has 4 nitrogen and oxygen atoms in total. The van der Waals surface area contributed by atoms with Crippen LogP contribution < -0.4 is 0 Å². The van der Waals surface area contributed by atoms with Crippen molar-refractivity contribution in [1.82, 2.24) is 0 Å². The van der Waals surface area contributed by atoms with Crippen molar-refractivity contribution < 1.29 is 20.4 Å². The third kappa shape index (κ3) is 5.72. The average molecular weight is 304 g/mol.